The molecule has 3 aliphatic rings. The van der Waals surface area contributed by atoms with Crippen LogP contribution in [0.25, 0.3) is 0 Å². The standard InChI is InChI=1S/C25H42N2O7.ClH/c1-9-22(4)14-16(29)25(32)23(5)15(28)10-11-21(2,3)18(23)17(30)19(24(25,6)34-22)33-20(31)26-12-13-27(7)8;/h9,15,17-19,28,30,32H,1,10-14H2,2-8H3,(H,26,31);1H/t15-,17-,18-,19-,22-,23-,24+,25-;/m0./s1. The highest BCUT2D eigenvalue weighted by Gasteiger charge is 2.81. The van der Waals surface area contributed by atoms with E-state index in [4.69, 9.17) is 9.47 Å². The van der Waals surface area contributed by atoms with E-state index in [9.17, 15) is 24.9 Å². The molecule has 8 atom stereocenters. The lowest BCUT2D eigenvalue weighted by atomic mass is 9.40. The molecule has 2 saturated carbocycles. The summed E-state index contributed by atoms with van der Waals surface area (Å²) in [5, 5.41) is 38.0. The molecular weight excluding hydrogens is 476 g/mol. The average molecular weight is 519 g/mol. The molecular formula is C25H43ClN2O7. The molecule has 35 heavy (non-hydrogen) atoms. The van der Waals surface area contributed by atoms with E-state index < -0.39 is 63.7 Å². The number of Topliss-reactive ketones (excluding diaryl/α,β-unsaturated/α-hetero) is 1. The highest BCUT2D eigenvalue weighted by atomic mass is 35.5. The van der Waals surface area contributed by atoms with E-state index in [1.807, 2.05) is 32.8 Å². The number of halogens is 1. The summed E-state index contributed by atoms with van der Waals surface area (Å²) in [7, 11) is 3.74. The molecule has 0 aromatic rings. The number of alkyl carbamates (subject to hydrolysis) is 1. The summed E-state index contributed by atoms with van der Waals surface area (Å²) in [5.74, 6) is -1.27. The normalized spacial score (nSPS) is 44.5. The smallest absolute Gasteiger partial charge is 0.407 e. The largest absolute Gasteiger partial charge is 0.440 e. The minimum atomic E-state index is -2.22. The number of aliphatic hydroxyl groups is 3. The molecule has 3 rings (SSSR count). The lowest BCUT2D eigenvalue weighted by Crippen LogP contribution is -2.86. The summed E-state index contributed by atoms with van der Waals surface area (Å²) in [6, 6.07) is 0. The second-order valence-electron chi connectivity index (χ2n) is 11.9. The molecule has 10 heteroatoms. The molecule has 2 aliphatic carbocycles. The molecule has 0 unspecified atom stereocenters. The van der Waals surface area contributed by atoms with Crippen molar-refractivity contribution in [3.63, 3.8) is 0 Å². The van der Waals surface area contributed by atoms with Crippen LogP contribution in [0.4, 0.5) is 4.79 Å². The lowest BCUT2D eigenvalue weighted by Gasteiger charge is -2.71. The molecule has 0 aromatic heterocycles. The van der Waals surface area contributed by atoms with E-state index in [0.717, 1.165) is 0 Å². The summed E-state index contributed by atoms with van der Waals surface area (Å²) >= 11 is 0. The maximum Gasteiger partial charge on any atom is 0.407 e. The van der Waals surface area contributed by atoms with Crippen molar-refractivity contribution < 1.29 is 34.4 Å². The van der Waals surface area contributed by atoms with Crippen molar-refractivity contribution in [2.45, 2.75) is 89.0 Å². The highest BCUT2D eigenvalue weighted by Crippen LogP contribution is 2.67. The van der Waals surface area contributed by atoms with Crippen molar-refractivity contribution in [3.05, 3.63) is 12.7 Å². The van der Waals surface area contributed by atoms with E-state index in [2.05, 4.69) is 11.9 Å². The quantitative estimate of drug-likeness (QED) is 0.404. The van der Waals surface area contributed by atoms with Gasteiger partial charge in [0.25, 0.3) is 0 Å². The van der Waals surface area contributed by atoms with Crippen molar-refractivity contribution >= 4 is 24.3 Å². The van der Waals surface area contributed by atoms with Crippen molar-refractivity contribution in [2.75, 3.05) is 27.2 Å². The fourth-order valence-corrected chi connectivity index (χ4v) is 7.02. The fourth-order valence-electron chi connectivity index (χ4n) is 7.02. The Balaban J connectivity index is 0.00000432. The molecule has 1 saturated heterocycles. The van der Waals surface area contributed by atoms with Gasteiger partial charge < -0.3 is 35.0 Å². The molecule has 1 aliphatic heterocycles. The minimum Gasteiger partial charge on any atom is -0.440 e. The maximum atomic E-state index is 13.8. The van der Waals surface area contributed by atoms with Crippen LogP contribution in [0, 0.1) is 16.7 Å². The van der Waals surface area contributed by atoms with Gasteiger partial charge in [0.1, 0.15) is 5.60 Å². The van der Waals surface area contributed by atoms with Crippen LogP contribution in [0.5, 0.6) is 0 Å². The third-order valence-corrected chi connectivity index (χ3v) is 8.79. The van der Waals surface area contributed by atoms with Gasteiger partial charge in [0.2, 0.25) is 0 Å². The number of aliphatic hydroxyl groups excluding tert-OH is 2. The van der Waals surface area contributed by atoms with Gasteiger partial charge in [-0.2, -0.15) is 0 Å². The van der Waals surface area contributed by atoms with Crippen LogP contribution in [-0.4, -0.2) is 94.4 Å². The second kappa shape index (κ2) is 9.58. The van der Waals surface area contributed by atoms with Crippen LogP contribution in [-0.2, 0) is 14.3 Å². The summed E-state index contributed by atoms with van der Waals surface area (Å²) in [4.78, 5) is 28.5. The zero-order valence-corrected chi connectivity index (χ0v) is 22.8. The Morgan fingerprint density at radius 2 is 1.86 bits per heavy atom. The van der Waals surface area contributed by atoms with Gasteiger partial charge in [0.05, 0.1) is 17.8 Å². The minimum absolute atomic E-state index is 0. The number of fused-ring (bicyclic) bond motifs is 3. The van der Waals surface area contributed by atoms with E-state index in [1.54, 1.807) is 13.8 Å². The average Bonchev–Trinajstić information content (AvgIpc) is 2.71. The molecule has 3 fully saturated rings. The number of ketones is 1. The molecule has 202 valence electrons. The predicted molar refractivity (Wildman–Crippen MR) is 133 cm³/mol. The SMILES string of the molecule is C=C[C@@]1(C)CC(=O)[C@]2(O)[C@@]3(C)[C@@H](O)CCC(C)(C)[C@@H]3[C@H](O)[C@H](OC(=O)NCCN(C)C)[C@@]2(C)O1.Cl. The van der Waals surface area contributed by atoms with Crippen molar-refractivity contribution in [1.29, 1.82) is 0 Å². The van der Waals surface area contributed by atoms with E-state index in [1.165, 1.54) is 13.0 Å². The Bertz CT molecular complexity index is 854. The Labute approximate surface area is 214 Å². The first-order valence-electron chi connectivity index (χ1n) is 12.0. The van der Waals surface area contributed by atoms with Gasteiger partial charge in [-0.05, 0) is 46.2 Å². The number of amides is 1. The predicted octanol–water partition coefficient (Wildman–Crippen LogP) is 1.67. The van der Waals surface area contributed by atoms with Crippen LogP contribution >= 0.6 is 12.4 Å². The van der Waals surface area contributed by atoms with Gasteiger partial charge in [-0.15, -0.1) is 19.0 Å². The van der Waals surface area contributed by atoms with E-state index in [-0.39, 0.29) is 18.8 Å². The van der Waals surface area contributed by atoms with Gasteiger partial charge in [-0.1, -0.05) is 26.8 Å². The van der Waals surface area contributed by atoms with Crippen LogP contribution in [0.15, 0.2) is 12.7 Å². The Morgan fingerprint density at radius 3 is 2.40 bits per heavy atom. The molecule has 0 radical (unpaired) electrons. The molecule has 0 bridgehead atoms. The van der Waals surface area contributed by atoms with Crippen LogP contribution in [0.3, 0.4) is 0 Å². The Hall–Kier alpha value is -1.23. The topological polar surface area (TPSA) is 129 Å². The highest BCUT2D eigenvalue weighted by molar-refractivity contribution is 5.92. The molecule has 9 nitrogen and oxygen atoms in total. The van der Waals surface area contributed by atoms with Crippen molar-refractivity contribution in [3.8, 4) is 0 Å². The summed E-state index contributed by atoms with van der Waals surface area (Å²) in [5.41, 5.74) is -7.23. The maximum absolute atomic E-state index is 13.8. The van der Waals surface area contributed by atoms with E-state index >= 15 is 0 Å². The lowest BCUT2D eigenvalue weighted by molar-refractivity contribution is -0.369. The van der Waals surface area contributed by atoms with Gasteiger partial charge in [-0.25, -0.2) is 4.79 Å². The first-order chi connectivity index (χ1) is 15.5. The monoisotopic (exact) mass is 518 g/mol. The second-order valence-corrected chi connectivity index (χ2v) is 11.9. The third kappa shape index (κ3) is 4.32. The number of rotatable bonds is 5. The van der Waals surface area contributed by atoms with Gasteiger partial charge in [0, 0.05) is 30.8 Å². The fraction of sp³-hybridized carbons (Fsp3) is 0.840. The van der Waals surface area contributed by atoms with Crippen molar-refractivity contribution in [1.82, 2.24) is 10.2 Å². The number of carbonyl (C=O) groups is 2. The van der Waals surface area contributed by atoms with Crippen LogP contribution in [0.1, 0.15) is 53.9 Å². The molecule has 1 heterocycles. The van der Waals surface area contributed by atoms with Crippen molar-refractivity contribution in [2.24, 2.45) is 16.7 Å². The zero-order chi connectivity index (χ0) is 25.9. The Morgan fingerprint density at radius 1 is 1.26 bits per heavy atom. The van der Waals surface area contributed by atoms with Gasteiger partial charge in [-0.3, -0.25) is 4.79 Å². The first-order valence-corrected chi connectivity index (χ1v) is 12.0. The first kappa shape index (κ1) is 30.0. The van der Waals surface area contributed by atoms with Crippen LogP contribution < -0.4 is 5.32 Å². The molecule has 0 spiro atoms. The number of carbonyl (C=O) groups excluding carboxylic acids is 2. The number of nitrogens with one attached hydrogen (secondary N) is 1. The molecule has 4 N–H and O–H groups in total. The number of likely N-dealkylation sites (N-methyl/N-ethyl adjacent to an activating group) is 1. The zero-order valence-electron chi connectivity index (χ0n) is 22.0. The Kier molecular flexibility index (Phi) is 8.21. The summed E-state index contributed by atoms with van der Waals surface area (Å²) in [6.07, 6.45) is -2.29. The molecule has 0 aromatic carbocycles. The summed E-state index contributed by atoms with van der Waals surface area (Å²) in [6.45, 7) is 13.4. The van der Waals surface area contributed by atoms with E-state index in [0.29, 0.717) is 25.9 Å². The molecule has 1 amide bonds. The van der Waals surface area contributed by atoms with Gasteiger partial charge >= 0.3 is 6.09 Å². The van der Waals surface area contributed by atoms with Crippen LogP contribution in [0.2, 0.25) is 0 Å². The number of hydrogen-bond donors (Lipinski definition) is 4. The number of nitrogens with zero attached hydrogens (tertiary/aromatic N) is 1. The number of hydrogen-bond acceptors (Lipinski definition) is 8. The third-order valence-electron chi connectivity index (χ3n) is 8.79. The number of ether oxygens (including phenoxy) is 2. The van der Waals surface area contributed by atoms with Gasteiger partial charge in [0.15, 0.2) is 17.5 Å². The summed E-state index contributed by atoms with van der Waals surface area (Å²) < 4.78 is 12.1.